The highest BCUT2D eigenvalue weighted by Gasteiger charge is 2.32. The summed E-state index contributed by atoms with van der Waals surface area (Å²) >= 11 is 0. The predicted molar refractivity (Wildman–Crippen MR) is 74.6 cm³/mol. The van der Waals surface area contributed by atoms with Gasteiger partial charge in [0.2, 0.25) is 5.91 Å². The molecule has 0 spiro atoms. The van der Waals surface area contributed by atoms with Gasteiger partial charge < -0.3 is 10.2 Å². The van der Waals surface area contributed by atoms with Crippen LogP contribution in [0.15, 0.2) is 0 Å². The molecule has 2 saturated heterocycles. The highest BCUT2D eigenvalue weighted by atomic mass is 32.2. The average Bonchev–Trinajstić information content (AvgIpc) is 2.72. The van der Waals surface area contributed by atoms with Crippen molar-refractivity contribution in [1.82, 2.24) is 10.2 Å². The van der Waals surface area contributed by atoms with Crippen LogP contribution in [0.5, 0.6) is 0 Å². The van der Waals surface area contributed by atoms with Crippen LogP contribution in [0.2, 0.25) is 0 Å². The molecule has 1 N–H and O–H groups in total. The van der Waals surface area contributed by atoms with Gasteiger partial charge in [-0.05, 0) is 38.3 Å². The first kappa shape index (κ1) is 14.8. The predicted octanol–water partition coefficient (Wildman–Crippen LogP) is 0.269. The second-order valence-electron chi connectivity index (χ2n) is 5.92. The molecule has 2 aliphatic heterocycles. The van der Waals surface area contributed by atoms with E-state index in [9.17, 15) is 13.2 Å². The molecule has 0 radical (unpaired) electrons. The Morgan fingerprint density at radius 2 is 1.95 bits per heavy atom. The van der Waals surface area contributed by atoms with Crippen LogP contribution in [0.1, 0.15) is 26.2 Å². The third-order valence-electron chi connectivity index (χ3n) is 4.21. The van der Waals surface area contributed by atoms with Crippen LogP contribution in [0.25, 0.3) is 0 Å². The fourth-order valence-corrected chi connectivity index (χ4v) is 4.51. The molecule has 5 nitrogen and oxygen atoms in total. The number of nitrogens with one attached hydrogen (secondary N) is 1. The van der Waals surface area contributed by atoms with Gasteiger partial charge in [0.25, 0.3) is 0 Å². The molecule has 19 heavy (non-hydrogen) atoms. The summed E-state index contributed by atoms with van der Waals surface area (Å²) in [6, 6.07) is 0. The highest BCUT2D eigenvalue weighted by molar-refractivity contribution is 7.91. The monoisotopic (exact) mass is 288 g/mol. The molecule has 0 saturated carbocycles. The Hall–Kier alpha value is -0.620. The molecule has 1 amide bonds. The molecule has 0 unspecified atom stereocenters. The van der Waals surface area contributed by atoms with E-state index < -0.39 is 9.84 Å². The fourth-order valence-electron chi connectivity index (χ4n) is 2.77. The van der Waals surface area contributed by atoms with E-state index in [-0.39, 0.29) is 23.3 Å². The molecule has 2 heterocycles. The molecule has 110 valence electrons. The Morgan fingerprint density at radius 1 is 1.26 bits per heavy atom. The number of hydrogen-bond donors (Lipinski definition) is 1. The van der Waals surface area contributed by atoms with Crippen LogP contribution in [-0.4, -0.2) is 56.9 Å². The molecule has 0 aromatic heterocycles. The van der Waals surface area contributed by atoms with E-state index in [0.717, 1.165) is 25.6 Å². The van der Waals surface area contributed by atoms with Gasteiger partial charge in [-0.15, -0.1) is 0 Å². The number of piperidine rings is 1. The van der Waals surface area contributed by atoms with Crippen molar-refractivity contribution < 1.29 is 13.2 Å². The number of amides is 1. The zero-order chi connectivity index (χ0) is 13.9. The summed E-state index contributed by atoms with van der Waals surface area (Å²) in [5.74, 6) is 0.585. The maximum atomic E-state index is 11.8. The van der Waals surface area contributed by atoms with E-state index in [1.165, 1.54) is 12.8 Å². The summed E-state index contributed by atoms with van der Waals surface area (Å²) in [5.41, 5.74) is 0. The van der Waals surface area contributed by atoms with Crippen LogP contribution in [0.3, 0.4) is 0 Å². The standard InChI is InChI=1S/C13H24N2O3S/c1-11-2-6-15(7-3-11)8-5-14-13(16)12-4-9-19(17,18)10-12/h11-12H,2-10H2,1H3,(H,14,16)/t12-/m0/s1. The second-order valence-corrected chi connectivity index (χ2v) is 8.14. The van der Waals surface area contributed by atoms with E-state index in [2.05, 4.69) is 17.1 Å². The minimum Gasteiger partial charge on any atom is -0.355 e. The van der Waals surface area contributed by atoms with E-state index >= 15 is 0 Å². The first-order valence-electron chi connectivity index (χ1n) is 7.17. The van der Waals surface area contributed by atoms with Gasteiger partial charge in [-0.3, -0.25) is 4.79 Å². The molecule has 2 aliphatic rings. The minimum atomic E-state index is -2.96. The highest BCUT2D eigenvalue weighted by Crippen LogP contribution is 2.18. The van der Waals surface area contributed by atoms with Gasteiger partial charge in [0.05, 0.1) is 17.4 Å². The van der Waals surface area contributed by atoms with Gasteiger partial charge in [0.15, 0.2) is 9.84 Å². The number of sulfone groups is 1. The number of likely N-dealkylation sites (tertiary alicyclic amines) is 1. The van der Waals surface area contributed by atoms with Gasteiger partial charge in [-0.25, -0.2) is 8.42 Å². The quantitative estimate of drug-likeness (QED) is 0.806. The van der Waals surface area contributed by atoms with Crippen LogP contribution in [0, 0.1) is 11.8 Å². The fraction of sp³-hybridized carbons (Fsp3) is 0.923. The third-order valence-corrected chi connectivity index (χ3v) is 5.97. The lowest BCUT2D eigenvalue weighted by atomic mass is 9.99. The molecule has 0 bridgehead atoms. The zero-order valence-electron chi connectivity index (χ0n) is 11.6. The molecule has 6 heteroatoms. The second kappa shape index (κ2) is 6.22. The summed E-state index contributed by atoms with van der Waals surface area (Å²) in [5, 5.41) is 2.88. The molecular weight excluding hydrogens is 264 g/mol. The van der Waals surface area contributed by atoms with Gasteiger partial charge in [-0.2, -0.15) is 0 Å². The molecule has 2 rings (SSSR count). The topological polar surface area (TPSA) is 66.5 Å². The van der Waals surface area contributed by atoms with Crippen molar-refractivity contribution in [2.24, 2.45) is 11.8 Å². The van der Waals surface area contributed by atoms with Gasteiger partial charge in [-0.1, -0.05) is 6.92 Å². The lowest BCUT2D eigenvalue weighted by Gasteiger charge is -2.30. The molecule has 1 atom stereocenters. The van der Waals surface area contributed by atoms with E-state index in [1.807, 2.05) is 0 Å². The van der Waals surface area contributed by atoms with Gasteiger partial charge >= 0.3 is 0 Å². The van der Waals surface area contributed by atoms with Gasteiger partial charge in [0.1, 0.15) is 0 Å². The van der Waals surface area contributed by atoms with E-state index in [0.29, 0.717) is 13.0 Å². The van der Waals surface area contributed by atoms with Crippen molar-refractivity contribution in [3.8, 4) is 0 Å². The van der Waals surface area contributed by atoms with Crippen LogP contribution in [0.4, 0.5) is 0 Å². The summed E-state index contributed by atoms with van der Waals surface area (Å²) in [7, 11) is -2.96. The maximum Gasteiger partial charge on any atom is 0.224 e. The number of rotatable bonds is 4. The van der Waals surface area contributed by atoms with Crippen LogP contribution < -0.4 is 5.32 Å². The van der Waals surface area contributed by atoms with E-state index in [1.54, 1.807) is 0 Å². The summed E-state index contributed by atoms with van der Waals surface area (Å²) in [6.45, 7) is 5.99. The minimum absolute atomic E-state index is 0.0278. The number of carbonyl (C=O) groups is 1. The normalized spacial score (nSPS) is 28.4. The Morgan fingerprint density at radius 3 is 2.53 bits per heavy atom. The van der Waals surface area contributed by atoms with Crippen molar-refractivity contribution in [2.45, 2.75) is 26.2 Å². The van der Waals surface area contributed by atoms with E-state index in [4.69, 9.17) is 0 Å². The summed E-state index contributed by atoms with van der Waals surface area (Å²) in [6.07, 6.45) is 2.94. The SMILES string of the molecule is CC1CCN(CCNC(=O)[C@H]2CCS(=O)(=O)C2)CC1. The molecule has 0 aromatic rings. The molecule has 0 aliphatic carbocycles. The third kappa shape index (κ3) is 4.45. The molecule has 2 fully saturated rings. The smallest absolute Gasteiger partial charge is 0.224 e. The average molecular weight is 288 g/mol. The summed E-state index contributed by atoms with van der Waals surface area (Å²) < 4.78 is 22.6. The largest absolute Gasteiger partial charge is 0.355 e. The number of carbonyl (C=O) groups excluding carboxylic acids is 1. The zero-order valence-corrected chi connectivity index (χ0v) is 12.4. The van der Waals surface area contributed by atoms with Gasteiger partial charge in [0, 0.05) is 13.1 Å². The first-order chi connectivity index (χ1) is 8.96. The maximum absolute atomic E-state index is 11.8. The first-order valence-corrected chi connectivity index (χ1v) is 8.99. The van der Waals surface area contributed by atoms with Crippen LogP contribution >= 0.6 is 0 Å². The van der Waals surface area contributed by atoms with Crippen molar-refractivity contribution in [1.29, 1.82) is 0 Å². The lowest BCUT2D eigenvalue weighted by Crippen LogP contribution is -2.40. The van der Waals surface area contributed by atoms with Crippen molar-refractivity contribution >= 4 is 15.7 Å². The number of nitrogens with zero attached hydrogens (tertiary/aromatic N) is 1. The van der Waals surface area contributed by atoms with Crippen LogP contribution in [-0.2, 0) is 14.6 Å². The molecular formula is C13H24N2O3S. The lowest BCUT2D eigenvalue weighted by molar-refractivity contribution is -0.124. The Balaban J connectivity index is 1.64. The molecule has 0 aromatic carbocycles. The van der Waals surface area contributed by atoms with Crippen molar-refractivity contribution in [2.75, 3.05) is 37.7 Å². The summed E-state index contributed by atoms with van der Waals surface area (Å²) in [4.78, 5) is 14.2. The Labute approximate surface area is 115 Å². The van der Waals surface area contributed by atoms with Crippen molar-refractivity contribution in [3.63, 3.8) is 0 Å². The van der Waals surface area contributed by atoms with Crippen molar-refractivity contribution in [3.05, 3.63) is 0 Å². The number of hydrogen-bond acceptors (Lipinski definition) is 4. The Bertz CT molecular complexity index is 414. The Kier molecular flexibility index (Phi) is 4.84.